The van der Waals surface area contributed by atoms with Gasteiger partial charge in [-0.2, -0.15) is 0 Å². The summed E-state index contributed by atoms with van der Waals surface area (Å²) in [6.45, 7) is 2.12. The molecule has 0 aliphatic carbocycles. The van der Waals surface area contributed by atoms with Crippen molar-refractivity contribution in [3.63, 3.8) is 0 Å². The molecule has 3 aromatic rings. The van der Waals surface area contributed by atoms with Gasteiger partial charge in [-0.3, -0.25) is 4.98 Å². The first-order valence-corrected chi connectivity index (χ1v) is 7.62. The van der Waals surface area contributed by atoms with Gasteiger partial charge in [0, 0.05) is 24.8 Å². The van der Waals surface area contributed by atoms with E-state index in [0.717, 1.165) is 34.6 Å². The van der Waals surface area contributed by atoms with E-state index in [4.69, 9.17) is 12.2 Å². The largest absolute Gasteiger partial charge is 0.338 e. The van der Waals surface area contributed by atoms with Crippen molar-refractivity contribution in [2.24, 2.45) is 0 Å². The van der Waals surface area contributed by atoms with Crippen LogP contribution in [0.5, 0.6) is 0 Å². The van der Waals surface area contributed by atoms with Gasteiger partial charge in [0.15, 0.2) is 5.65 Å². The standard InChI is InChI=1S/C16H17N5S/c1-3-5-15(22)20(2)14-8-12-11-21(19-16(12)18-10-14)13-6-4-7-17-9-13/h4,6-11H,3,5H2,1-2H3. The highest BCUT2D eigenvalue weighted by molar-refractivity contribution is 7.80. The minimum atomic E-state index is 0.711. The number of hydrogen-bond acceptors (Lipinski definition) is 4. The molecule has 0 radical (unpaired) electrons. The van der Waals surface area contributed by atoms with Crippen LogP contribution in [0.15, 0.2) is 43.0 Å². The molecule has 0 unspecified atom stereocenters. The molecule has 0 saturated carbocycles. The Morgan fingerprint density at radius 1 is 1.36 bits per heavy atom. The average molecular weight is 311 g/mol. The number of aromatic nitrogens is 4. The number of fused-ring (bicyclic) bond motifs is 1. The van der Waals surface area contributed by atoms with E-state index in [2.05, 4.69) is 28.1 Å². The lowest BCUT2D eigenvalue weighted by molar-refractivity contribution is 0.883. The summed E-state index contributed by atoms with van der Waals surface area (Å²) in [6, 6.07) is 5.91. The van der Waals surface area contributed by atoms with Crippen LogP contribution in [0.4, 0.5) is 5.69 Å². The molecule has 5 nitrogen and oxygen atoms in total. The number of pyridine rings is 2. The van der Waals surface area contributed by atoms with Gasteiger partial charge in [0.2, 0.25) is 0 Å². The topological polar surface area (TPSA) is 46.8 Å². The Bertz CT molecular complexity index is 797. The van der Waals surface area contributed by atoms with Crippen LogP contribution in [0.1, 0.15) is 19.8 Å². The van der Waals surface area contributed by atoms with Crippen molar-refractivity contribution in [3.8, 4) is 5.69 Å². The normalized spacial score (nSPS) is 10.8. The Morgan fingerprint density at radius 2 is 2.23 bits per heavy atom. The van der Waals surface area contributed by atoms with Gasteiger partial charge in [-0.25, -0.2) is 9.67 Å². The average Bonchev–Trinajstić information content (AvgIpc) is 2.98. The number of anilines is 1. The van der Waals surface area contributed by atoms with Crippen LogP contribution >= 0.6 is 12.2 Å². The maximum Gasteiger partial charge on any atom is 0.181 e. The molecule has 0 amide bonds. The molecule has 0 saturated heterocycles. The molecule has 3 aromatic heterocycles. The third-order valence-electron chi connectivity index (χ3n) is 3.48. The number of thiocarbonyl (C=S) groups is 1. The van der Waals surface area contributed by atoms with Crippen molar-refractivity contribution in [3.05, 3.63) is 43.0 Å². The van der Waals surface area contributed by atoms with Gasteiger partial charge in [0.1, 0.15) is 0 Å². The van der Waals surface area contributed by atoms with Gasteiger partial charge in [-0.1, -0.05) is 19.1 Å². The summed E-state index contributed by atoms with van der Waals surface area (Å²) in [5, 5.41) is 5.46. The molecule has 0 fully saturated rings. The molecule has 22 heavy (non-hydrogen) atoms. The van der Waals surface area contributed by atoms with Crippen LogP contribution in [-0.2, 0) is 0 Å². The Morgan fingerprint density at radius 3 is 2.95 bits per heavy atom. The van der Waals surface area contributed by atoms with Crippen LogP contribution in [0, 0.1) is 0 Å². The van der Waals surface area contributed by atoms with E-state index in [1.54, 1.807) is 17.1 Å². The molecular weight excluding hydrogens is 294 g/mol. The number of hydrogen-bond donors (Lipinski definition) is 0. The molecule has 3 heterocycles. The molecule has 6 heteroatoms. The van der Waals surface area contributed by atoms with E-state index in [0.29, 0.717) is 5.65 Å². The third-order valence-corrected chi connectivity index (χ3v) is 3.96. The Labute approximate surface area is 134 Å². The van der Waals surface area contributed by atoms with E-state index in [9.17, 15) is 0 Å². The van der Waals surface area contributed by atoms with Crippen molar-refractivity contribution in [1.82, 2.24) is 19.7 Å². The maximum atomic E-state index is 5.43. The zero-order chi connectivity index (χ0) is 15.5. The van der Waals surface area contributed by atoms with E-state index in [-0.39, 0.29) is 0 Å². The van der Waals surface area contributed by atoms with E-state index < -0.39 is 0 Å². The van der Waals surface area contributed by atoms with E-state index in [1.807, 2.05) is 36.5 Å². The SMILES string of the molecule is CCCC(=S)N(C)c1cnc2nn(-c3cccnc3)cc2c1. The third kappa shape index (κ3) is 2.82. The fourth-order valence-electron chi connectivity index (χ4n) is 2.23. The smallest absolute Gasteiger partial charge is 0.181 e. The fourth-order valence-corrected chi connectivity index (χ4v) is 2.54. The predicted molar refractivity (Wildman–Crippen MR) is 92.6 cm³/mol. The summed E-state index contributed by atoms with van der Waals surface area (Å²) in [6.07, 6.45) is 9.23. The monoisotopic (exact) mass is 311 g/mol. The summed E-state index contributed by atoms with van der Waals surface area (Å²) in [4.78, 5) is 11.5. The predicted octanol–water partition coefficient (Wildman–Crippen LogP) is 3.38. The van der Waals surface area contributed by atoms with Crippen molar-refractivity contribution in [2.75, 3.05) is 11.9 Å². The van der Waals surface area contributed by atoms with Gasteiger partial charge in [-0.05, 0) is 31.0 Å². The highest BCUT2D eigenvalue weighted by atomic mass is 32.1. The quantitative estimate of drug-likeness (QED) is 0.691. The zero-order valence-corrected chi connectivity index (χ0v) is 13.4. The molecule has 112 valence electrons. The summed E-state index contributed by atoms with van der Waals surface area (Å²) in [5.74, 6) is 0. The van der Waals surface area contributed by atoms with Crippen molar-refractivity contribution in [2.45, 2.75) is 19.8 Å². The second kappa shape index (κ2) is 6.19. The van der Waals surface area contributed by atoms with Crippen LogP contribution in [0.3, 0.4) is 0 Å². The molecule has 0 aliphatic heterocycles. The van der Waals surface area contributed by atoms with Crippen LogP contribution in [0.2, 0.25) is 0 Å². The summed E-state index contributed by atoms with van der Waals surface area (Å²) >= 11 is 5.43. The Kier molecular flexibility index (Phi) is 4.11. The van der Waals surface area contributed by atoms with E-state index in [1.165, 1.54) is 0 Å². The maximum absolute atomic E-state index is 5.43. The fraction of sp³-hybridized carbons (Fsp3) is 0.250. The van der Waals surface area contributed by atoms with Gasteiger partial charge in [-0.15, -0.1) is 5.10 Å². The summed E-state index contributed by atoms with van der Waals surface area (Å²) in [7, 11) is 1.98. The van der Waals surface area contributed by atoms with Gasteiger partial charge in [0.05, 0.1) is 28.8 Å². The Balaban J connectivity index is 1.95. The molecular formula is C16H17N5S. The van der Waals surface area contributed by atoms with Gasteiger partial charge >= 0.3 is 0 Å². The van der Waals surface area contributed by atoms with Gasteiger partial charge in [0.25, 0.3) is 0 Å². The highest BCUT2D eigenvalue weighted by Gasteiger charge is 2.10. The van der Waals surface area contributed by atoms with Crippen molar-refractivity contribution in [1.29, 1.82) is 0 Å². The van der Waals surface area contributed by atoms with Crippen molar-refractivity contribution < 1.29 is 0 Å². The van der Waals surface area contributed by atoms with Crippen LogP contribution in [0.25, 0.3) is 16.7 Å². The molecule has 0 bridgehead atoms. The lowest BCUT2D eigenvalue weighted by atomic mass is 10.2. The molecule has 0 aliphatic rings. The molecule has 0 atom stereocenters. The highest BCUT2D eigenvalue weighted by Crippen LogP contribution is 2.20. The second-order valence-corrected chi connectivity index (χ2v) is 5.57. The Hall–Kier alpha value is -2.34. The lowest BCUT2D eigenvalue weighted by Crippen LogP contribution is -2.23. The first kappa shape index (κ1) is 14.6. The lowest BCUT2D eigenvalue weighted by Gasteiger charge is -2.19. The minimum Gasteiger partial charge on any atom is -0.338 e. The molecule has 3 rings (SSSR count). The van der Waals surface area contributed by atoms with Gasteiger partial charge < -0.3 is 4.90 Å². The molecule has 0 N–H and O–H groups in total. The minimum absolute atomic E-state index is 0.711. The summed E-state index contributed by atoms with van der Waals surface area (Å²) in [5.41, 5.74) is 2.61. The number of rotatable bonds is 4. The summed E-state index contributed by atoms with van der Waals surface area (Å²) < 4.78 is 1.79. The first-order chi connectivity index (χ1) is 10.7. The molecule has 0 aromatic carbocycles. The number of nitrogens with zero attached hydrogens (tertiary/aromatic N) is 5. The molecule has 0 spiro atoms. The van der Waals surface area contributed by atoms with Crippen LogP contribution < -0.4 is 4.90 Å². The second-order valence-electron chi connectivity index (χ2n) is 5.09. The van der Waals surface area contributed by atoms with Crippen molar-refractivity contribution >= 4 is 33.9 Å². The van der Waals surface area contributed by atoms with Crippen LogP contribution in [-0.4, -0.2) is 31.8 Å². The zero-order valence-electron chi connectivity index (χ0n) is 12.6. The first-order valence-electron chi connectivity index (χ1n) is 7.21. The van der Waals surface area contributed by atoms with E-state index >= 15 is 0 Å².